The Morgan fingerprint density at radius 3 is 2.74 bits per heavy atom. The van der Waals surface area contributed by atoms with Crippen molar-refractivity contribution >= 4 is 23.2 Å². The molecule has 0 spiro atoms. The molecule has 0 saturated heterocycles. The average molecular weight is 288 g/mol. The zero-order valence-corrected chi connectivity index (χ0v) is 10.0. The van der Waals surface area contributed by atoms with E-state index in [1.165, 1.54) is 11.3 Å². The summed E-state index contributed by atoms with van der Waals surface area (Å²) in [4.78, 5) is 18.7. The molecular formula is C10H7F3N4OS. The van der Waals surface area contributed by atoms with E-state index in [4.69, 9.17) is 0 Å². The van der Waals surface area contributed by atoms with Crippen LogP contribution in [0.1, 0.15) is 15.4 Å². The molecule has 2 heterocycles. The van der Waals surface area contributed by atoms with Gasteiger partial charge in [0.05, 0.1) is 4.88 Å². The van der Waals surface area contributed by atoms with Gasteiger partial charge in [0.15, 0.2) is 0 Å². The number of thiophene rings is 1. The van der Waals surface area contributed by atoms with Crippen LogP contribution in [0.4, 0.5) is 19.1 Å². The van der Waals surface area contributed by atoms with Crippen molar-refractivity contribution in [2.24, 2.45) is 0 Å². The van der Waals surface area contributed by atoms with E-state index in [1.54, 1.807) is 17.5 Å². The highest BCUT2D eigenvalue weighted by Crippen LogP contribution is 2.27. The molecule has 0 aromatic carbocycles. The van der Waals surface area contributed by atoms with E-state index >= 15 is 0 Å². The summed E-state index contributed by atoms with van der Waals surface area (Å²) >= 11 is 1.20. The summed E-state index contributed by atoms with van der Waals surface area (Å²) in [6.07, 6.45) is -3.60. The number of nitrogens with one attached hydrogen (secondary N) is 2. The van der Waals surface area contributed by atoms with Crippen LogP contribution in [0, 0.1) is 0 Å². The van der Waals surface area contributed by atoms with E-state index < -0.39 is 17.8 Å². The van der Waals surface area contributed by atoms with E-state index in [1.807, 2.05) is 0 Å². The Balaban J connectivity index is 2.02. The van der Waals surface area contributed by atoms with Crippen LogP contribution in [-0.2, 0) is 6.18 Å². The first-order valence-corrected chi connectivity index (χ1v) is 5.85. The maximum atomic E-state index is 12.4. The number of aromatic nitrogens is 2. The third-order valence-corrected chi connectivity index (χ3v) is 2.85. The van der Waals surface area contributed by atoms with E-state index in [0.717, 1.165) is 12.3 Å². The fraction of sp³-hybridized carbons (Fsp3) is 0.100. The number of anilines is 1. The summed E-state index contributed by atoms with van der Waals surface area (Å²) in [5.41, 5.74) is 3.35. The Labute approximate surface area is 109 Å². The molecule has 0 radical (unpaired) electrons. The van der Waals surface area contributed by atoms with Crippen molar-refractivity contribution in [2.45, 2.75) is 6.18 Å². The SMILES string of the molecule is O=C(NNc1nccc(C(F)(F)F)n1)c1cccs1. The molecule has 0 fully saturated rings. The quantitative estimate of drug-likeness (QED) is 0.851. The van der Waals surface area contributed by atoms with Gasteiger partial charge in [-0.05, 0) is 17.5 Å². The van der Waals surface area contributed by atoms with Crippen molar-refractivity contribution < 1.29 is 18.0 Å². The topological polar surface area (TPSA) is 66.9 Å². The minimum atomic E-state index is -4.56. The van der Waals surface area contributed by atoms with Gasteiger partial charge in [0.25, 0.3) is 5.91 Å². The van der Waals surface area contributed by atoms with Gasteiger partial charge >= 0.3 is 6.18 Å². The molecule has 2 aromatic heterocycles. The molecule has 100 valence electrons. The van der Waals surface area contributed by atoms with E-state index in [-0.39, 0.29) is 5.95 Å². The molecule has 0 bridgehead atoms. The zero-order valence-electron chi connectivity index (χ0n) is 9.23. The van der Waals surface area contributed by atoms with Gasteiger partial charge in [0.2, 0.25) is 5.95 Å². The van der Waals surface area contributed by atoms with Crippen molar-refractivity contribution in [2.75, 3.05) is 5.43 Å². The molecule has 2 aromatic rings. The van der Waals surface area contributed by atoms with Crippen molar-refractivity contribution in [3.63, 3.8) is 0 Å². The largest absolute Gasteiger partial charge is 0.433 e. The summed E-state index contributed by atoms with van der Waals surface area (Å²) in [6.45, 7) is 0. The molecule has 5 nitrogen and oxygen atoms in total. The van der Waals surface area contributed by atoms with Crippen LogP contribution in [0.25, 0.3) is 0 Å². The zero-order chi connectivity index (χ0) is 13.9. The van der Waals surface area contributed by atoms with Crippen molar-refractivity contribution in [3.8, 4) is 0 Å². The number of halogens is 3. The van der Waals surface area contributed by atoms with Crippen molar-refractivity contribution in [1.82, 2.24) is 15.4 Å². The Morgan fingerprint density at radius 1 is 1.32 bits per heavy atom. The minimum absolute atomic E-state index is 0.334. The maximum Gasteiger partial charge on any atom is 0.433 e. The molecule has 1 amide bonds. The molecule has 0 saturated carbocycles. The van der Waals surface area contributed by atoms with Gasteiger partial charge < -0.3 is 0 Å². The second kappa shape index (κ2) is 5.22. The molecular weight excluding hydrogens is 281 g/mol. The third-order valence-electron chi connectivity index (χ3n) is 1.98. The van der Waals surface area contributed by atoms with Gasteiger partial charge in [-0.1, -0.05) is 6.07 Å². The molecule has 2 N–H and O–H groups in total. The first kappa shape index (κ1) is 13.3. The number of nitrogens with zero attached hydrogens (tertiary/aromatic N) is 2. The number of rotatable bonds is 3. The number of carbonyl (C=O) groups is 1. The molecule has 9 heteroatoms. The van der Waals surface area contributed by atoms with Gasteiger partial charge in [-0.2, -0.15) is 13.2 Å². The predicted octanol–water partition coefficient (Wildman–Crippen LogP) is 2.31. The van der Waals surface area contributed by atoms with Crippen molar-refractivity contribution in [1.29, 1.82) is 0 Å². The van der Waals surface area contributed by atoms with Crippen molar-refractivity contribution in [3.05, 3.63) is 40.3 Å². The number of carbonyl (C=O) groups excluding carboxylic acids is 1. The van der Waals surface area contributed by atoms with Crippen LogP contribution in [-0.4, -0.2) is 15.9 Å². The monoisotopic (exact) mass is 288 g/mol. The average Bonchev–Trinajstić information content (AvgIpc) is 2.89. The lowest BCUT2D eigenvalue weighted by atomic mass is 10.4. The lowest BCUT2D eigenvalue weighted by molar-refractivity contribution is -0.141. The van der Waals surface area contributed by atoms with E-state index in [2.05, 4.69) is 20.8 Å². The summed E-state index contributed by atoms with van der Waals surface area (Å²) < 4.78 is 37.2. The summed E-state index contributed by atoms with van der Waals surface area (Å²) in [7, 11) is 0. The Kier molecular flexibility index (Phi) is 3.65. The second-order valence-electron chi connectivity index (χ2n) is 3.32. The lowest BCUT2D eigenvalue weighted by Gasteiger charge is -2.08. The predicted molar refractivity (Wildman–Crippen MR) is 62.4 cm³/mol. The molecule has 0 atom stereocenters. The fourth-order valence-electron chi connectivity index (χ4n) is 1.16. The van der Waals surface area contributed by atoms with E-state index in [0.29, 0.717) is 4.88 Å². The molecule has 0 aliphatic rings. The summed E-state index contributed by atoms with van der Waals surface area (Å²) in [6, 6.07) is 4.00. The van der Waals surface area contributed by atoms with Gasteiger partial charge in [-0.3, -0.25) is 15.6 Å². The standard InChI is InChI=1S/C10H7F3N4OS/c11-10(12,13)7-3-4-14-9(15-7)17-16-8(18)6-2-1-5-19-6/h1-5H,(H,16,18)(H,14,15,17). The molecule has 0 aliphatic heterocycles. The van der Waals surface area contributed by atoms with Gasteiger partial charge in [-0.25, -0.2) is 9.97 Å². The van der Waals surface area contributed by atoms with Gasteiger partial charge in [0, 0.05) is 6.20 Å². The number of hydrogen-bond donors (Lipinski definition) is 2. The smallest absolute Gasteiger partial charge is 0.266 e. The second-order valence-corrected chi connectivity index (χ2v) is 4.27. The first-order chi connectivity index (χ1) is 8.97. The Morgan fingerprint density at radius 2 is 2.11 bits per heavy atom. The highest BCUT2D eigenvalue weighted by molar-refractivity contribution is 7.12. The Hall–Kier alpha value is -2.16. The highest BCUT2D eigenvalue weighted by Gasteiger charge is 2.32. The summed E-state index contributed by atoms with van der Waals surface area (Å²) in [5.74, 6) is -0.809. The van der Waals surface area contributed by atoms with Crippen LogP contribution in [0.3, 0.4) is 0 Å². The minimum Gasteiger partial charge on any atom is -0.266 e. The van der Waals surface area contributed by atoms with E-state index in [9.17, 15) is 18.0 Å². The van der Waals surface area contributed by atoms with Crippen LogP contribution < -0.4 is 10.9 Å². The number of amides is 1. The number of alkyl halides is 3. The number of hydrazine groups is 1. The first-order valence-electron chi connectivity index (χ1n) is 4.97. The van der Waals surface area contributed by atoms with Crippen LogP contribution >= 0.6 is 11.3 Å². The van der Waals surface area contributed by atoms with Gasteiger partial charge in [0.1, 0.15) is 5.69 Å². The third kappa shape index (κ3) is 3.41. The lowest BCUT2D eigenvalue weighted by Crippen LogP contribution is -2.30. The van der Waals surface area contributed by atoms with Crippen LogP contribution in [0.5, 0.6) is 0 Å². The summed E-state index contributed by atoms with van der Waals surface area (Å²) in [5, 5.41) is 1.70. The Bertz CT molecular complexity index is 570. The van der Waals surface area contributed by atoms with Crippen LogP contribution in [0.2, 0.25) is 0 Å². The normalized spacial score (nSPS) is 11.1. The maximum absolute atomic E-state index is 12.4. The molecule has 0 aliphatic carbocycles. The highest BCUT2D eigenvalue weighted by atomic mass is 32.1. The molecule has 2 rings (SSSR count). The molecule has 19 heavy (non-hydrogen) atoms. The molecule has 0 unspecified atom stereocenters. The van der Waals surface area contributed by atoms with Gasteiger partial charge in [-0.15, -0.1) is 11.3 Å². The fourth-order valence-corrected chi connectivity index (χ4v) is 1.78. The number of hydrogen-bond acceptors (Lipinski definition) is 5. The van der Waals surface area contributed by atoms with Crippen LogP contribution in [0.15, 0.2) is 29.8 Å².